The Morgan fingerprint density at radius 3 is 3.05 bits per heavy atom. The molecule has 2 heterocycles. The van der Waals surface area contributed by atoms with E-state index in [2.05, 4.69) is 39.7 Å². The van der Waals surface area contributed by atoms with Gasteiger partial charge in [-0.3, -0.25) is 0 Å². The van der Waals surface area contributed by atoms with Gasteiger partial charge < -0.3 is 14.6 Å². The molecule has 2 atom stereocenters. The first-order valence-electron chi connectivity index (χ1n) is 6.64. The fourth-order valence-corrected chi connectivity index (χ4v) is 2.74. The summed E-state index contributed by atoms with van der Waals surface area (Å²) >= 11 is 0. The molecule has 1 aliphatic heterocycles. The van der Waals surface area contributed by atoms with Crippen LogP contribution in [0.5, 0.6) is 0 Å². The molecular formula is C14H15N3O2. The molecule has 98 valence electrons. The van der Waals surface area contributed by atoms with Crippen molar-refractivity contribution in [2.24, 2.45) is 0 Å². The Bertz CT molecular complexity index is 590. The Balaban J connectivity index is 1.56. The standard InChI is InChI=1S/C14H15N3O2/c1-2-4-10-9(3-1)7-11(10)13-16-14(19-17-13)12-8-18-6-5-15-12/h1-4,11-12,15H,5-8H2. The van der Waals surface area contributed by atoms with Gasteiger partial charge in [0.2, 0.25) is 5.89 Å². The minimum Gasteiger partial charge on any atom is -0.378 e. The summed E-state index contributed by atoms with van der Waals surface area (Å²) in [7, 11) is 0. The third kappa shape index (κ3) is 1.86. The van der Waals surface area contributed by atoms with Crippen molar-refractivity contribution in [1.82, 2.24) is 15.5 Å². The van der Waals surface area contributed by atoms with Crippen molar-refractivity contribution in [2.75, 3.05) is 19.8 Å². The minimum atomic E-state index is 0.0327. The molecule has 1 fully saturated rings. The predicted octanol–water partition coefficient (Wildman–Crippen LogP) is 1.42. The number of benzene rings is 1. The summed E-state index contributed by atoms with van der Waals surface area (Å²) in [6, 6.07) is 8.46. The highest BCUT2D eigenvalue weighted by molar-refractivity contribution is 5.43. The summed E-state index contributed by atoms with van der Waals surface area (Å²) in [6.07, 6.45) is 1.00. The Hall–Kier alpha value is -1.72. The van der Waals surface area contributed by atoms with Crippen LogP contribution in [0.3, 0.4) is 0 Å². The van der Waals surface area contributed by atoms with Crippen LogP contribution in [0.1, 0.15) is 34.8 Å². The molecule has 1 N–H and O–H groups in total. The first kappa shape index (κ1) is 11.1. The summed E-state index contributed by atoms with van der Waals surface area (Å²) in [5.74, 6) is 1.72. The highest BCUT2D eigenvalue weighted by Crippen LogP contribution is 2.38. The molecule has 2 unspecified atom stereocenters. The summed E-state index contributed by atoms with van der Waals surface area (Å²) < 4.78 is 10.8. The number of aromatic nitrogens is 2. The van der Waals surface area contributed by atoms with Crippen LogP contribution < -0.4 is 5.32 Å². The average Bonchev–Trinajstić information content (AvgIpc) is 2.91. The zero-order valence-corrected chi connectivity index (χ0v) is 10.5. The van der Waals surface area contributed by atoms with Crippen LogP contribution in [0, 0.1) is 0 Å². The van der Waals surface area contributed by atoms with Gasteiger partial charge in [-0.25, -0.2) is 0 Å². The zero-order valence-electron chi connectivity index (χ0n) is 10.5. The number of hydrogen-bond acceptors (Lipinski definition) is 5. The summed E-state index contributed by atoms with van der Waals surface area (Å²) in [5.41, 5.74) is 2.71. The number of nitrogens with zero attached hydrogens (tertiary/aromatic N) is 2. The monoisotopic (exact) mass is 257 g/mol. The maximum absolute atomic E-state index is 5.41. The van der Waals surface area contributed by atoms with Crippen LogP contribution in [-0.4, -0.2) is 29.9 Å². The van der Waals surface area contributed by atoms with Crippen molar-refractivity contribution in [3.63, 3.8) is 0 Å². The first-order valence-corrected chi connectivity index (χ1v) is 6.64. The normalized spacial score (nSPS) is 25.7. The SMILES string of the molecule is c1ccc2c(c1)CC2c1noc(C2COCCN2)n1. The number of nitrogens with one attached hydrogen (secondary N) is 1. The van der Waals surface area contributed by atoms with Crippen molar-refractivity contribution in [3.05, 3.63) is 47.1 Å². The third-order valence-corrected chi connectivity index (χ3v) is 3.84. The molecule has 5 nitrogen and oxygen atoms in total. The Morgan fingerprint density at radius 2 is 2.21 bits per heavy atom. The molecule has 1 aromatic heterocycles. The van der Waals surface area contributed by atoms with Crippen molar-refractivity contribution in [3.8, 4) is 0 Å². The highest BCUT2D eigenvalue weighted by atomic mass is 16.5. The molecular weight excluding hydrogens is 242 g/mol. The summed E-state index contributed by atoms with van der Waals surface area (Å²) in [5, 5.41) is 7.45. The number of rotatable bonds is 2. The van der Waals surface area contributed by atoms with Crippen LogP contribution in [0.4, 0.5) is 0 Å². The molecule has 2 aromatic rings. The lowest BCUT2D eigenvalue weighted by atomic mass is 9.77. The molecule has 1 saturated heterocycles. The van der Waals surface area contributed by atoms with E-state index in [-0.39, 0.29) is 6.04 Å². The molecule has 1 aliphatic carbocycles. The van der Waals surface area contributed by atoms with E-state index < -0.39 is 0 Å². The molecule has 2 aliphatic rings. The predicted molar refractivity (Wildman–Crippen MR) is 67.8 cm³/mol. The summed E-state index contributed by atoms with van der Waals surface area (Å²) in [4.78, 5) is 4.53. The van der Waals surface area contributed by atoms with E-state index in [1.54, 1.807) is 0 Å². The van der Waals surface area contributed by atoms with E-state index >= 15 is 0 Å². The lowest BCUT2D eigenvalue weighted by Gasteiger charge is -2.27. The smallest absolute Gasteiger partial charge is 0.246 e. The lowest BCUT2D eigenvalue weighted by molar-refractivity contribution is 0.0659. The molecule has 5 heteroatoms. The molecule has 0 radical (unpaired) electrons. The van der Waals surface area contributed by atoms with E-state index in [1.165, 1.54) is 11.1 Å². The second-order valence-electron chi connectivity index (χ2n) is 5.03. The second-order valence-corrected chi connectivity index (χ2v) is 5.03. The fourth-order valence-electron chi connectivity index (χ4n) is 2.74. The van der Waals surface area contributed by atoms with E-state index in [1.807, 2.05) is 0 Å². The molecule has 0 saturated carbocycles. The van der Waals surface area contributed by atoms with Gasteiger partial charge in [-0.2, -0.15) is 4.98 Å². The van der Waals surface area contributed by atoms with Crippen LogP contribution in [-0.2, 0) is 11.2 Å². The average molecular weight is 257 g/mol. The van der Waals surface area contributed by atoms with Crippen LogP contribution in [0.25, 0.3) is 0 Å². The van der Waals surface area contributed by atoms with E-state index in [0.29, 0.717) is 18.4 Å². The van der Waals surface area contributed by atoms with Crippen LogP contribution in [0.2, 0.25) is 0 Å². The van der Waals surface area contributed by atoms with Gasteiger partial charge in [0.1, 0.15) is 6.04 Å². The molecule has 0 bridgehead atoms. The van der Waals surface area contributed by atoms with Gasteiger partial charge in [0.05, 0.1) is 19.1 Å². The zero-order chi connectivity index (χ0) is 12.7. The Morgan fingerprint density at radius 1 is 1.26 bits per heavy atom. The minimum absolute atomic E-state index is 0.0327. The van der Waals surface area contributed by atoms with Crippen molar-refractivity contribution in [1.29, 1.82) is 0 Å². The van der Waals surface area contributed by atoms with Gasteiger partial charge in [-0.1, -0.05) is 29.4 Å². The number of fused-ring (bicyclic) bond motifs is 1. The van der Waals surface area contributed by atoms with Gasteiger partial charge in [0, 0.05) is 6.54 Å². The van der Waals surface area contributed by atoms with Crippen molar-refractivity contribution in [2.45, 2.75) is 18.4 Å². The van der Waals surface area contributed by atoms with Gasteiger partial charge in [0.25, 0.3) is 0 Å². The first-order chi connectivity index (χ1) is 9.42. The number of morpholine rings is 1. The Kier molecular flexibility index (Phi) is 2.60. The van der Waals surface area contributed by atoms with E-state index in [0.717, 1.165) is 25.4 Å². The lowest BCUT2D eigenvalue weighted by Crippen LogP contribution is -2.34. The van der Waals surface area contributed by atoms with Crippen molar-refractivity contribution >= 4 is 0 Å². The molecule has 0 amide bonds. The van der Waals surface area contributed by atoms with E-state index in [4.69, 9.17) is 9.26 Å². The largest absolute Gasteiger partial charge is 0.378 e. The topological polar surface area (TPSA) is 60.2 Å². The van der Waals surface area contributed by atoms with Crippen LogP contribution >= 0.6 is 0 Å². The number of ether oxygens (including phenoxy) is 1. The van der Waals surface area contributed by atoms with Gasteiger partial charge in [-0.05, 0) is 17.5 Å². The van der Waals surface area contributed by atoms with Gasteiger partial charge >= 0.3 is 0 Å². The second kappa shape index (κ2) is 4.43. The summed E-state index contributed by atoms with van der Waals surface area (Å²) in [6.45, 7) is 2.17. The van der Waals surface area contributed by atoms with E-state index in [9.17, 15) is 0 Å². The third-order valence-electron chi connectivity index (χ3n) is 3.84. The maximum Gasteiger partial charge on any atom is 0.246 e. The fraction of sp³-hybridized carbons (Fsp3) is 0.429. The maximum atomic E-state index is 5.41. The molecule has 19 heavy (non-hydrogen) atoms. The number of hydrogen-bond donors (Lipinski definition) is 1. The molecule has 4 rings (SSSR count). The molecule has 1 aromatic carbocycles. The molecule has 0 spiro atoms. The van der Waals surface area contributed by atoms with Crippen molar-refractivity contribution < 1.29 is 9.26 Å². The van der Waals surface area contributed by atoms with Gasteiger partial charge in [0.15, 0.2) is 5.82 Å². The highest BCUT2D eigenvalue weighted by Gasteiger charge is 2.32. The van der Waals surface area contributed by atoms with Crippen LogP contribution in [0.15, 0.2) is 28.8 Å². The Labute approximate surface area is 111 Å². The van der Waals surface area contributed by atoms with Gasteiger partial charge in [-0.15, -0.1) is 0 Å². The quantitative estimate of drug-likeness (QED) is 0.881.